The molecule has 34 heavy (non-hydrogen) atoms. The van der Waals surface area contributed by atoms with Crippen LogP contribution in [0, 0.1) is 12.3 Å². The summed E-state index contributed by atoms with van der Waals surface area (Å²) in [5, 5.41) is 5.70. The molecule has 0 bridgehead atoms. The molecule has 1 fully saturated rings. The summed E-state index contributed by atoms with van der Waals surface area (Å²) in [5.41, 5.74) is 0.482. The maximum atomic E-state index is 13.7. The second kappa shape index (κ2) is 11.9. The molecule has 0 aromatic heterocycles. The van der Waals surface area contributed by atoms with Crippen molar-refractivity contribution in [1.82, 2.24) is 15.5 Å². The SMILES string of the molecule is C#Cc1ccccc1C(C(=O)NC(C)CCC)N(C(=O)C(C)NC(=O)OC(C)(C)C)C1CCC1. The number of amides is 3. The van der Waals surface area contributed by atoms with Crippen LogP contribution in [0.3, 0.4) is 0 Å². The summed E-state index contributed by atoms with van der Waals surface area (Å²) in [7, 11) is 0. The van der Waals surface area contributed by atoms with Gasteiger partial charge >= 0.3 is 6.09 Å². The number of nitrogens with one attached hydrogen (secondary N) is 2. The van der Waals surface area contributed by atoms with Gasteiger partial charge < -0.3 is 20.3 Å². The predicted octanol–water partition coefficient (Wildman–Crippen LogP) is 4.31. The van der Waals surface area contributed by atoms with Gasteiger partial charge in [-0.25, -0.2) is 4.79 Å². The number of nitrogens with zero attached hydrogens (tertiary/aromatic N) is 1. The lowest BCUT2D eigenvalue weighted by molar-refractivity contribution is -0.147. The molecular weight excluding hydrogens is 430 g/mol. The third-order valence-electron chi connectivity index (χ3n) is 5.87. The van der Waals surface area contributed by atoms with Gasteiger partial charge in [0.2, 0.25) is 11.8 Å². The van der Waals surface area contributed by atoms with E-state index in [1.54, 1.807) is 44.7 Å². The second-order valence-electron chi connectivity index (χ2n) is 10.0. The van der Waals surface area contributed by atoms with Crippen LogP contribution in [-0.4, -0.2) is 46.5 Å². The van der Waals surface area contributed by atoms with Crippen LogP contribution >= 0.6 is 0 Å². The van der Waals surface area contributed by atoms with Crippen molar-refractivity contribution in [2.45, 2.75) is 103 Å². The molecule has 1 saturated carbocycles. The van der Waals surface area contributed by atoms with E-state index in [1.807, 2.05) is 19.1 Å². The summed E-state index contributed by atoms with van der Waals surface area (Å²) in [6, 6.07) is 5.27. The summed E-state index contributed by atoms with van der Waals surface area (Å²) >= 11 is 0. The van der Waals surface area contributed by atoms with Crippen LogP contribution in [-0.2, 0) is 14.3 Å². The molecular formula is C27H39N3O4. The number of hydrogen-bond acceptors (Lipinski definition) is 4. The molecule has 1 aromatic rings. The maximum absolute atomic E-state index is 13.7. The number of ether oxygens (including phenoxy) is 1. The lowest BCUT2D eigenvalue weighted by atomic mass is 9.87. The molecule has 1 aliphatic rings. The normalized spacial score (nSPS) is 16.3. The van der Waals surface area contributed by atoms with Crippen LogP contribution in [0.2, 0.25) is 0 Å². The minimum Gasteiger partial charge on any atom is -0.444 e. The van der Waals surface area contributed by atoms with Crippen LogP contribution in [0.5, 0.6) is 0 Å². The lowest BCUT2D eigenvalue weighted by Crippen LogP contribution is -2.57. The van der Waals surface area contributed by atoms with Crippen molar-refractivity contribution in [3.8, 4) is 12.3 Å². The van der Waals surface area contributed by atoms with Crippen molar-refractivity contribution in [2.24, 2.45) is 0 Å². The summed E-state index contributed by atoms with van der Waals surface area (Å²) in [4.78, 5) is 41.3. The van der Waals surface area contributed by atoms with E-state index >= 15 is 0 Å². The third-order valence-corrected chi connectivity index (χ3v) is 5.87. The highest BCUT2D eigenvalue weighted by Gasteiger charge is 2.41. The molecule has 186 valence electrons. The first-order valence-corrected chi connectivity index (χ1v) is 12.2. The first kappa shape index (κ1) is 27.2. The molecule has 1 aliphatic carbocycles. The zero-order valence-electron chi connectivity index (χ0n) is 21.3. The molecule has 0 aliphatic heterocycles. The molecule has 7 heteroatoms. The first-order chi connectivity index (χ1) is 16.0. The molecule has 0 spiro atoms. The van der Waals surface area contributed by atoms with Gasteiger partial charge in [0.15, 0.2) is 0 Å². The lowest BCUT2D eigenvalue weighted by Gasteiger charge is -2.43. The van der Waals surface area contributed by atoms with Gasteiger partial charge in [0, 0.05) is 17.6 Å². The number of rotatable bonds is 9. The van der Waals surface area contributed by atoms with E-state index in [1.165, 1.54) is 0 Å². The van der Waals surface area contributed by atoms with Gasteiger partial charge in [-0.15, -0.1) is 6.42 Å². The molecule has 0 saturated heterocycles. The van der Waals surface area contributed by atoms with Gasteiger partial charge in [-0.1, -0.05) is 37.5 Å². The summed E-state index contributed by atoms with van der Waals surface area (Å²) < 4.78 is 5.32. The van der Waals surface area contributed by atoms with Crippen molar-refractivity contribution >= 4 is 17.9 Å². The molecule has 2 N–H and O–H groups in total. The van der Waals surface area contributed by atoms with Crippen LogP contribution < -0.4 is 10.6 Å². The molecule has 7 nitrogen and oxygen atoms in total. The zero-order chi connectivity index (χ0) is 25.5. The fourth-order valence-corrected chi connectivity index (χ4v) is 4.06. The minimum absolute atomic E-state index is 0.0475. The Bertz CT molecular complexity index is 911. The Labute approximate surface area is 204 Å². The smallest absolute Gasteiger partial charge is 0.408 e. The minimum atomic E-state index is -0.896. The van der Waals surface area contributed by atoms with E-state index in [-0.39, 0.29) is 23.9 Å². The number of alkyl carbamates (subject to hydrolysis) is 1. The molecule has 3 unspecified atom stereocenters. The van der Waals surface area contributed by atoms with E-state index < -0.39 is 23.8 Å². The van der Waals surface area contributed by atoms with Crippen LogP contribution in [0.15, 0.2) is 24.3 Å². The van der Waals surface area contributed by atoms with Crippen molar-refractivity contribution in [1.29, 1.82) is 0 Å². The fourth-order valence-electron chi connectivity index (χ4n) is 4.06. The first-order valence-electron chi connectivity index (χ1n) is 12.2. The number of hydrogen-bond donors (Lipinski definition) is 2. The molecule has 3 amide bonds. The van der Waals surface area contributed by atoms with Gasteiger partial charge in [0.1, 0.15) is 17.7 Å². The topological polar surface area (TPSA) is 87.7 Å². The summed E-state index contributed by atoms with van der Waals surface area (Å²) in [5.74, 6) is 2.05. The molecule has 0 heterocycles. The number of carbonyl (C=O) groups excluding carboxylic acids is 3. The van der Waals surface area contributed by atoms with Gasteiger partial charge in [-0.05, 0) is 71.9 Å². The second-order valence-corrected chi connectivity index (χ2v) is 10.0. The van der Waals surface area contributed by atoms with Crippen molar-refractivity contribution < 1.29 is 19.1 Å². The molecule has 0 radical (unpaired) electrons. The van der Waals surface area contributed by atoms with Crippen molar-refractivity contribution in [3.63, 3.8) is 0 Å². The van der Waals surface area contributed by atoms with Crippen LogP contribution in [0.4, 0.5) is 4.79 Å². The standard InChI is InChI=1S/C27H39N3O4/c1-8-13-18(3)28-24(31)23(22-17-11-10-14-20(22)9-2)30(21-15-12-16-21)25(32)19(4)29-26(33)34-27(5,6)7/h2,10-11,14,17-19,21,23H,8,12-13,15-16H2,1,3-7H3,(H,28,31)(H,29,33). The van der Waals surface area contributed by atoms with Crippen molar-refractivity contribution in [3.05, 3.63) is 35.4 Å². The van der Waals surface area contributed by atoms with E-state index in [9.17, 15) is 14.4 Å². The quantitative estimate of drug-likeness (QED) is 0.528. The average Bonchev–Trinajstić information content (AvgIpc) is 2.70. The Balaban J connectivity index is 2.43. The van der Waals surface area contributed by atoms with Gasteiger partial charge in [0.05, 0.1) is 0 Å². The Morgan fingerprint density at radius 3 is 2.35 bits per heavy atom. The zero-order valence-corrected chi connectivity index (χ0v) is 21.3. The fraction of sp³-hybridized carbons (Fsp3) is 0.593. The van der Waals surface area contributed by atoms with E-state index in [0.717, 1.165) is 32.1 Å². The van der Waals surface area contributed by atoms with Gasteiger partial charge in [-0.2, -0.15) is 0 Å². The molecule has 3 atom stereocenters. The molecule has 2 rings (SSSR count). The number of benzene rings is 1. The van der Waals surface area contributed by atoms with E-state index in [4.69, 9.17) is 11.2 Å². The Hall–Kier alpha value is -3.01. The summed E-state index contributed by atoms with van der Waals surface area (Å²) in [6.45, 7) is 10.9. The monoisotopic (exact) mass is 469 g/mol. The Morgan fingerprint density at radius 1 is 1.18 bits per heavy atom. The summed E-state index contributed by atoms with van der Waals surface area (Å²) in [6.07, 6.45) is 9.38. The molecule has 1 aromatic carbocycles. The van der Waals surface area contributed by atoms with Crippen LogP contribution in [0.25, 0.3) is 0 Å². The maximum Gasteiger partial charge on any atom is 0.408 e. The largest absolute Gasteiger partial charge is 0.444 e. The highest BCUT2D eigenvalue weighted by atomic mass is 16.6. The van der Waals surface area contributed by atoms with E-state index in [2.05, 4.69) is 23.5 Å². The van der Waals surface area contributed by atoms with Gasteiger partial charge in [0.25, 0.3) is 0 Å². The van der Waals surface area contributed by atoms with Crippen molar-refractivity contribution in [2.75, 3.05) is 0 Å². The average molecular weight is 470 g/mol. The number of carbonyl (C=O) groups is 3. The third kappa shape index (κ3) is 7.24. The highest BCUT2D eigenvalue weighted by Crippen LogP contribution is 2.35. The van der Waals surface area contributed by atoms with Gasteiger partial charge in [-0.3, -0.25) is 9.59 Å². The Kier molecular flexibility index (Phi) is 9.55. The van der Waals surface area contributed by atoms with Crippen LogP contribution in [0.1, 0.15) is 90.8 Å². The number of terminal acetylenes is 1. The predicted molar refractivity (Wildman–Crippen MR) is 133 cm³/mol. The Morgan fingerprint density at radius 2 is 1.82 bits per heavy atom. The highest BCUT2D eigenvalue weighted by molar-refractivity contribution is 5.92. The van der Waals surface area contributed by atoms with E-state index in [0.29, 0.717) is 11.1 Å².